The van der Waals surface area contributed by atoms with Gasteiger partial charge in [-0.3, -0.25) is 0 Å². The van der Waals surface area contributed by atoms with Crippen molar-refractivity contribution in [2.24, 2.45) is 0 Å². The molecule has 2 aromatic carbocycles. The molecule has 1 N–H and O–H groups in total. The first-order chi connectivity index (χ1) is 11.9. The molecule has 0 saturated heterocycles. The molecule has 0 spiro atoms. The molecule has 0 fully saturated rings. The van der Waals surface area contributed by atoms with Crippen molar-refractivity contribution in [3.63, 3.8) is 0 Å². The number of nitrogens with one attached hydrogen (secondary N) is 1. The van der Waals surface area contributed by atoms with Crippen molar-refractivity contribution in [2.45, 2.75) is 18.2 Å². The van der Waals surface area contributed by atoms with Crippen LogP contribution in [0.1, 0.15) is 11.1 Å². The summed E-state index contributed by atoms with van der Waals surface area (Å²) in [5, 5.41) is 0. The van der Waals surface area contributed by atoms with Crippen molar-refractivity contribution < 1.29 is 22.6 Å². The minimum absolute atomic E-state index is 0.206. The van der Waals surface area contributed by atoms with Crippen molar-refractivity contribution in [3.05, 3.63) is 47.5 Å². The molecule has 25 heavy (non-hydrogen) atoms. The molecule has 7 heteroatoms. The highest BCUT2D eigenvalue weighted by Gasteiger charge is 2.14. The van der Waals surface area contributed by atoms with Crippen LogP contribution in [-0.4, -0.2) is 36.3 Å². The summed E-state index contributed by atoms with van der Waals surface area (Å²) < 4.78 is 42.9. The molecule has 0 unspecified atom stereocenters. The van der Waals surface area contributed by atoms with Crippen LogP contribution in [0, 0.1) is 6.92 Å². The zero-order valence-electron chi connectivity index (χ0n) is 14.8. The monoisotopic (exact) mass is 365 g/mol. The van der Waals surface area contributed by atoms with E-state index in [2.05, 4.69) is 4.72 Å². The summed E-state index contributed by atoms with van der Waals surface area (Å²) in [4.78, 5) is 0.206. The predicted molar refractivity (Wildman–Crippen MR) is 96.2 cm³/mol. The second kappa shape index (κ2) is 8.22. The molecule has 0 atom stereocenters. The Morgan fingerprint density at radius 3 is 2.08 bits per heavy atom. The van der Waals surface area contributed by atoms with E-state index in [-0.39, 0.29) is 11.4 Å². The van der Waals surface area contributed by atoms with Gasteiger partial charge in [-0.15, -0.1) is 0 Å². The standard InChI is InChI=1S/C18H23NO5S/c1-13-11-17(23-3)18(24-4)12-14(13)9-10-19-25(20,21)16-7-5-15(22-2)6-8-16/h5-8,11-12,19H,9-10H2,1-4H3. The number of methoxy groups -OCH3 is 3. The Morgan fingerprint density at radius 1 is 0.920 bits per heavy atom. The lowest BCUT2D eigenvalue weighted by Gasteiger charge is -2.13. The highest BCUT2D eigenvalue weighted by molar-refractivity contribution is 7.89. The normalized spacial score (nSPS) is 11.2. The molecule has 0 bridgehead atoms. The molecule has 2 aromatic rings. The Hall–Kier alpha value is -2.25. The molecule has 2 rings (SSSR count). The largest absolute Gasteiger partial charge is 0.497 e. The highest BCUT2D eigenvalue weighted by Crippen LogP contribution is 2.30. The maximum atomic E-state index is 12.3. The average molecular weight is 365 g/mol. The lowest BCUT2D eigenvalue weighted by atomic mass is 10.0. The molecule has 0 heterocycles. The van der Waals surface area contributed by atoms with E-state index in [1.54, 1.807) is 26.4 Å². The molecule has 136 valence electrons. The first-order valence-corrected chi connectivity index (χ1v) is 9.25. The third-order valence-electron chi connectivity index (χ3n) is 3.90. The number of sulfonamides is 1. The fourth-order valence-electron chi connectivity index (χ4n) is 2.45. The summed E-state index contributed by atoms with van der Waals surface area (Å²) in [6, 6.07) is 10.0. The van der Waals surface area contributed by atoms with Crippen molar-refractivity contribution in [3.8, 4) is 17.2 Å². The topological polar surface area (TPSA) is 73.9 Å². The molecule has 0 amide bonds. The van der Waals surface area contributed by atoms with Gasteiger partial charge >= 0.3 is 0 Å². The maximum absolute atomic E-state index is 12.3. The summed E-state index contributed by atoms with van der Waals surface area (Å²) in [6.07, 6.45) is 0.543. The van der Waals surface area contributed by atoms with Gasteiger partial charge in [-0.1, -0.05) is 0 Å². The molecule has 0 aromatic heterocycles. The van der Waals surface area contributed by atoms with Crippen LogP contribution in [0.4, 0.5) is 0 Å². The van der Waals surface area contributed by atoms with E-state index < -0.39 is 10.0 Å². The fourth-order valence-corrected chi connectivity index (χ4v) is 3.48. The maximum Gasteiger partial charge on any atom is 0.240 e. The number of ether oxygens (including phenoxy) is 3. The fraction of sp³-hybridized carbons (Fsp3) is 0.333. The van der Waals surface area contributed by atoms with E-state index in [4.69, 9.17) is 14.2 Å². The molecule has 0 aliphatic rings. The molecule has 0 aliphatic carbocycles. The first kappa shape index (κ1) is 19.1. The van der Waals surface area contributed by atoms with Gasteiger partial charge < -0.3 is 14.2 Å². The zero-order valence-corrected chi connectivity index (χ0v) is 15.6. The third kappa shape index (κ3) is 4.64. The summed E-state index contributed by atoms with van der Waals surface area (Å²) in [5.74, 6) is 1.89. The van der Waals surface area contributed by atoms with Gasteiger partial charge in [0.1, 0.15) is 5.75 Å². The van der Waals surface area contributed by atoms with E-state index in [1.807, 2.05) is 19.1 Å². The quantitative estimate of drug-likeness (QED) is 0.778. The summed E-state index contributed by atoms with van der Waals surface area (Å²) >= 11 is 0. The molecular formula is C18H23NO5S. The smallest absolute Gasteiger partial charge is 0.240 e. The van der Waals surface area contributed by atoms with Crippen LogP contribution in [0.5, 0.6) is 17.2 Å². The van der Waals surface area contributed by atoms with Crippen LogP contribution < -0.4 is 18.9 Å². The highest BCUT2D eigenvalue weighted by atomic mass is 32.2. The van der Waals surface area contributed by atoms with Gasteiger partial charge in [-0.05, 0) is 60.9 Å². The minimum Gasteiger partial charge on any atom is -0.497 e. The summed E-state index contributed by atoms with van der Waals surface area (Å²) in [6.45, 7) is 2.24. The number of hydrogen-bond acceptors (Lipinski definition) is 5. The molecule has 6 nitrogen and oxygen atoms in total. The number of rotatable bonds is 8. The number of benzene rings is 2. The van der Waals surface area contributed by atoms with Gasteiger partial charge in [-0.2, -0.15) is 0 Å². The van der Waals surface area contributed by atoms with Crippen molar-refractivity contribution in [1.82, 2.24) is 4.72 Å². The summed E-state index contributed by atoms with van der Waals surface area (Å²) in [7, 11) is 1.13. The third-order valence-corrected chi connectivity index (χ3v) is 5.38. The second-order valence-electron chi connectivity index (χ2n) is 5.46. The lowest BCUT2D eigenvalue weighted by Crippen LogP contribution is -2.26. The van der Waals surface area contributed by atoms with Gasteiger partial charge in [-0.25, -0.2) is 13.1 Å². The van der Waals surface area contributed by atoms with E-state index in [0.717, 1.165) is 11.1 Å². The van der Waals surface area contributed by atoms with Gasteiger partial charge in [0, 0.05) is 6.54 Å². The van der Waals surface area contributed by atoms with E-state index in [9.17, 15) is 8.42 Å². The molecule has 0 radical (unpaired) electrons. The van der Waals surface area contributed by atoms with Gasteiger partial charge in [0.2, 0.25) is 10.0 Å². The molecule has 0 saturated carbocycles. The Kier molecular flexibility index (Phi) is 6.27. The first-order valence-electron chi connectivity index (χ1n) is 7.76. The zero-order chi connectivity index (χ0) is 18.4. The van der Waals surface area contributed by atoms with Crippen molar-refractivity contribution >= 4 is 10.0 Å². The molecular weight excluding hydrogens is 342 g/mol. The van der Waals surface area contributed by atoms with Crippen molar-refractivity contribution in [1.29, 1.82) is 0 Å². The van der Waals surface area contributed by atoms with Crippen molar-refractivity contribution in [2.75, 3.05) is 27.9 Å². The minimum atomic E-state index is -3.56. The van der Waals surface area contributed by atoms with E-state index >= 15 is 0 Å². The predicted octanol–water partition coefficient (Wildman–Crippen LogP) is 2.54. The number of hydrogen-bond donors (Lipinski definition) is 1. The van der Waals surface area contributed by atoms with Crippen LogP contribution in [0.25, 0.3) is 0 Å². The van der Waals surface area contributed by atoms with Crippen LogP contribution in [-0.2, 0) is 16.4 Å². The SMILES string of the molecule is COc1ccc(S(=O)(=O)NCCc2cc(OC)c(OC)cc2C)cc1. The summed E-state index contributed by atoms with van der Waals surface area (Å²) in [5.41, 5.74) is 2.01. The second-order valence-corrected chi connectivity index (χ2v) is 7.22. The average Bonchev–Trinajstić information content (AvgIpc) is 2.62. The van der Waals surface area contributed by atoms with Crippen LogP contribution >= 0.6 is 0 Å². The Morgan fingerprint density at radius 2 is 1.52 bits per heavy atom. The Bertz CT molecular complexity index is 816. The van der Waals surface area contributed by atoms with Crippen LogP contribution in [0.3, 0.4) is 0 Å². The Labute approximate surface area is 148 Å². The number of aryl methyl sites for hydroxylation is 1. The van der Waals surface area contributed by atoms with Gasteiger partial charge in [0.25, 0.3) is 0 Å². The Balaban J connectivity index is 2.06. The molecule has 0 aliphatic heterocycles. The van der Waals surface area contributed by atoms with Crippen LogP contribution in [0.15, 0.2) is 41.3 Å². The van der Waals surface area contributed by atoms with Gasteiger partial charge in [0.05, 0.1) is 26.2 Å². The van der Waals surface area contributed by atoms with Crippen LogP contribution in [0.2, 0.25) is 0 Å². The van der Waals surface area contributed by atoms with E-state index in [0.29, 0.717) is 23.7 Å². The lowest BCUT2D eigenvalue weighted by molar-refractivity contribution is 0.354. The van der Waals surface area contributed by atoms with Gasteiger partial charge in [0.15, 0.2) is 11.5 Å². The van der Waals surface area contributed by atoms with E-state index in [1.165, 1.54) is 19.2 Å².